The Hall–Kier alpha value is -0.960. The van der Waals surface area contributed by atoms with Gasteiger partial charge in [0.25, 0.3) is 0 Å². The van der Waals surface area contributed by atoms with Gasteiger partial charge in [-0.1, -0.05) is 15.9 Å². The normalized spacial score (nSPS) is 17.3. The number of carbonyl (C=O) groups is 1. The summed E-state index contributed by atoms with van der Waals surface area (Å²) in [6, 6.07) is 2.48. The predicted octanol–water partition coefficient (Wildman–Crippen LogP) is 1.65. The lowest BCUT2D eigenvalue weighted by Gasteiger charge is -2.36. The van der Waals surface area contributed by atoms with Gasteiger partial charge in [-0.2, -0.15) is 0 Å². The Morgan fingerprint density at radius 2 is 2.05 bits per heavy atom. The van der Waals surface area contributed by atoms with Crippen LogP contribution in [0.15, 0.2) is 21.5 Å². The number of rotatable bonds is 5. The maximum Gasteiger partial charge on any atom is 0.335 e. The third-order valence-corrected chi connectivity index (χ3v) is 6.06. The molecule has 0 saturated heterocycles. The number of hydrogen-bond donors (Lipinski definition) is 3. The van der Waals surface area contributed by atoms with Gasteiger partial charge in [-0.15, -0.1) is 0 Å². The summed E-state index contributed by atoms with van der Waals surface area (Å²) in [7, 11) is -3.88. The number of carboxylic acids is 1. The van der Waals surface area contributed by atoms with Crippen molar-refractivity contribution in [1.82, 2.24) is 4.72 Å². The van der Waals surface area contributed by atoms with Gasteiger partial charge >= 0.3 is 5.97 Å². The van der Waals surface area contributed by atoms with Crippen LogP contribution in [-0.4, -0.2) is 36.7 Å². The van der Waals surface area contributed by atoms with Gasteiger partial charge in [0.05, 0.1) is 16.1 Å². The summed E-state index contributed by atoms with van der Waals surface area (Å²) in [5, 5.41) is 19.0. The molecule has 1 aromatic rings. The molecule has 2 rings (SSSR count). The Bertz CT molecular complexity index is 682. The lowest BCUT2D eigenvalue weighted by Crippen LogP contribution is -2.47. The van der Waals surface area contributed by atoms with E-state index in [9.17, 15) is 18.3 Å². The number of aliphatic hydroxyl groups is 1. The van der Waals surface area contributed by atoms with Crippen molar-refractivity contribution in [2.75, 3.05) is 6.54 Å². The number of benzene rings is 1. The summed E-state index contributed by atoms with van der Waals surface area (Å²) in [6.45, 7) is 1.52. The SMILES string of the molecule is Cc1c(Br)cc(C(=O)O)cc1S(=O)(=O)NCC1(O)CCC1. The fourth-order valence-corrected chi connectivity index (χ4v) is 4.13. The second kappa shape index (κ2) is 5.68. The molecule has 0 unspecified atom stereocenters. The van der Waals surface area contributed by atoms with Crippen LogP contribution < -0.4 is 4.72 Å². The van der Waals surface area contributed by atoms with Crippen molar-refractivity contribution in [2.45, 2.75) is 36.7 Å². The molecule has 1 fully saturated rings. The molecule has 1 aromatic carbocycles. The summed E-state index contributed by atoms with van der Waals surface area (Å²) in [6.07, 6.45) is 2.00. The largest absolute Gasteiger partial charge is 0.478 e. The topological polar surface area (TPSA) is 104 Å². The molecule has 3 N–H and O–H groups in total. The van der Waals surface area contributed by atoms with E-state index in [1.807, 2.05) is 0 Å². The highest BCUT2D eigenvalue weighted by atomic mass is 79.9. The number of hydrogen-bond acceptors (Lipinski definition) is 4. The van der Waals surface area contributed by atoms with Gasteiger partial charge in [-0.05, 0) is 43.9 Å². The first kappa shape index (κ1) is 16.4. The summed E-state index contributed by atoms with van der Waals surface area (Å²) >= 11 is 3.17. The predicted molar refractivity (Wildman–Crippen MR) is 79.8 cm³/mol. The van der Waals surface area contributed by atoms with Gasteiger partial charge in [0.15, 0.2) is 0 Å². The highest BCUT2D eigenvalue weighted by molar-refractivity contribution is 9.10. The van der Waals surface area contributed by atoms with Crippen molar-refractivity contribution in [3.8, 4) is 0 Å². The highest BCUT2D eigenvalue weighted by Crippen LogP contribution is 2.31. The summed E-state index contributed by atoms with van der Waals surface area (Å²) in [5.41, 5.74) is -0.675. The van der Waals surface area contributed by atoms with Gasteiger partial charge in [0.2, 0.25) is 10.0 Å². The van der Waals surface area contributed by atoms with Crippen LogP contribution in [0.4, 0.5) is 0 Å². The van der Waals surface area contributed by atoms with Gasteiger partial charge < -0.3 is 10.2 Å². The molecule has 1 aliphatic carbocycles. The van der Waals surface area contributed by atoms with Crippen LogP contribution in [-0.2, 0) is 10.0 Å². The Labute approximate surface area is 131 Å². The van der Waals surface area contributed by atoms with E-state index in [-0.39, 0.29) is 17.0 Å². The molecule has 0 aliphatic heterocycles. The number of sulfonamides is 1. The van der Waals surface area contributed by atoms with Crippen molar-refractivity contribution in [2.24, 2.45) is 0 Å². The van der Waals surface area contributed by atoms with Crippen molar-refractivity contribution in [3.05, 3.63) is 27.7 Å². The lowest BCUT2D eigenvalue weighted by atomic mass is 9.81. The third kappa shape index (κ3) is 3.45. The van der Waals surface area contributed by atoms with E-state index >= 15 is 0 Å². The van der Waals surface area contributed by atoms with Crippen LogP contribution in [0.2, 0.25) is 0 Å². The Morgan fingerprint density at radius 1 is 1.43 bits per heavy atom. The minimum Gasteiger partial charge on any atom is -0.478 e. The fourth-order valence-electron chi connectivity index (χ4n) is 2.12. The highest BCUT2D eigenvalue weighted by Gasteiger charge is 2.35. The molecule has 0 amide bonds. The van der Waals surface area contributed by atoms with Crippen molar-refractivity contribution >= 4 is 31.9 Å². The first-order valence-electron chi connectivity index (χ1n) is 6.40. The van der Waals surface area contributed by atoms with Crippen molar-refractivity contribution < 1.29 is 23.4 Å². The van der Waals surface area contributed by atoms with Crippen LogP contribution in [0.25, 0.3) is 0 Å². The van der Waals surface area contributed by atoms with Crippen LogP contribution in [0.3, 0.4) is 0 Å². The van der Waals surface area contributed by atoms with Crippen LogP contribution in [0.5, 0.6) is 0 Å². The molecule has 6 nitrogen and oxygen atoms in total. The summed E-state index contributed by atoms with van der Waals surface area (Å²) in [4.78, 5) is 10.9. The molecule has 0 radical (unpaired) electrons. The second-order valence-electron chi connectivity index (χ2n) is 5.29. The fraction of sp³-hybridized carbons (Fsp3) is 0.462. The Balaban J connectivity index is 2.32. The molecule has 0 bridgehead atoms. The average Bonchev–Trinajstić information content (AvgIpc) is 2.36. The number of carboxylic acid groups (broad SMARTS) is 1. The number of nitrogens with one attached hydrogen (secondary N) is 1. The van der Waals surface area contributed by atoms with Gasteiger partial charge in [-0.25, -0.2) is 17.9 Å². The van der Waals surface area contributed by atoms with E-state index < -0.39 is 21.6 Å². The third-order valence-electron chi connectivity index (χ3n) is 3.71. The molecular weight excluding hydrogens is 362 g/mol. The van der Waals surface area contributed by atoms with E-state index in [0.717, 1.165) is 12.5 Å². The summed E-state index contributed by atoms with van der Waals surface area (Å²) < 4.78 is 27.4. The van der Waals surface area contributed by atoms with E-state index in [1.54, 1.807) is 6.92 Å². The first-order valence-corrected chi connectivity index (χ1v) is 8.68. The molecule has 21 heavy (non-hydrogen) atoms. The van der Waals surface area contributed by atoms with Crippen molar-refractivity contribution in [1.29, 1.82) is 0 Å². The molecule has 116 valence electrons. The van der Waals surface area contributed by atoms with Crippen LogP contribution in [0.1, 0.15) is 35.2 Å². The molecule has 0 spiro atoms. The lowest BCUT2D eigenvalue weighted by molar-refractivity contribution is -0.0271. The molecule has 0 heterocycles. The molecule has 0 aromatic heterocycles. The Morgan fingerprint density at radius 3 is 2.52 bits per heavy atom. The van der Waals surface area contributed by atoms with Gasteiger partial charge in [0.1, 0.15) is 0 Å². The monoisotopic (exact) mass is 377 g/mol. The van der Waals surface area contributed by atoms with E-state index in [2.05, 4.69) is 20.7 Å². The second-order valence-corrected chi connectivity index (χ2v) is 7.88. The maximum atomic E-state index is 12.3. The van der Waals surface area contributed by atoms with E-state index in [0.29, 0.717) is 22.9 Å². The Kier molecular flexibility index (Phi) is 4.44. The van der Waals surface area contributed by atoms with E-state index in [1.165, 1.54) is 6.07 Å². The van der Waals surface area contributed by atoms with Crippen LogP contribution >= 0.6 is 15.9 Å². The molecule has 0 atom stereocenters. The molecular formula is C13H16BrNO5S. The van der Waals surface area contributed by atoms with Crippen molar-refractivity contribution in [3.63, 3.8) is 0 Å². The van der Waals surface area contributed by atoms with E-state index in [4.69, 9.17) is 5.11 Å². The maximum absolute atomic E-state index is 12.3. The zero-order chi connectivity index (χ0) is 15.8. The average molecular weight is 378 g/mol. The zero-order valence-corrected chi connectivity index (χ0v) is 13.8. The smallest absolute Gasteiger partial charge is 0.335 e. The van der Waals surface area contributed by atoms with Crippen LogP contribution in [0, 0.1) is 6.92 Å². The quantitative estimate of drug-likeness (QED) is 0.723. The minimum atomic E-state index is -3.88. The molecule has 1 saturated carbocycles. The zero-order valence-electron chi connectivity index (χ0n) is 11.4. The number of halogens is 1. The van der Waals surface area contributed by atoms with Gasteiger partial charge in [0, 0.05) is 11.0 Å². The number of aromatic carboxylic acids is 1. The molecule has 1 aliphatic rings. The summed E-state index contributed by atoms with van der Waals surface area (Å²) in [5.74, 6) is -1.20. The molecule has 8 heteroatoms. The first-order chi connectivity index (χ1) is 9.65. The standard InChI is InChI=1S/C13H16BrNO5S/c1-8-10(14)5-9(12(16)17)6-11(8)21(19,20)15-7-13(18)3-2-4-13/h5-6,15,18H,2-4,7H2,1H3,(H,16,17). The minimum absolute atomic E-state index is 0.0658. The van der Waals surface area contributed by atoms with Gasteiger partial charge in [-0.3, -0.25) is 0 Å².